The van der Waals surface area contributed by atoms with Gasteiger partial charge in [0.05, 0.1) is 12.8 Å². The number of carbonyl (C=O) groups is 1. The van der Waals surface area contributed by atoms with Crippen LogP contribution in [0.2, 0.25) is 0 Å². The highest BCUT2D eigenvalue weighted by molar-refractivity contribution is 7.91. The van der Waals surface area contributed by atoms with Crippen molar-refractivity contribution >= 4 is 22.0 Å². The lowest BCUT2D eigenvalue weighted by Gasteiger charge is -2.20. The minimum atomic E-state index is -4.23. The Bertz CT molecular complexity index is 625. The molecule has 0 aliphatic rings. The van der Waals surface area contributed by atoms with Gasteiger partial charge in [-0.25, -0.2) is 13.9 Å². The third-order valence-electron chi connectivity index (χ3n) is 2.02. The first kappa shape index (κ1) is 17.0. The molecular weight excluding hydrogens is 303 g/mol. The molecule has 1 amide bonds. The molecule has 7 nitrogen and oxygen atoms in total. The summed E-state index contributed by atoms with van der Waals surface area (Å²) < 4.78 is 50.0. The summed E-state index contributed by atoms with van der Waals surface area (Å²) >= 11 is 0. The molecule has 0 bridgehead atoms. The summed E-state index contributed by atoms with van der Waals surface area (Å²) in [5, 5.41) is 0. The molecule has 0 aliphatic carbocycles. The first-order valence-corrected chi connectivity index (χ1v) is 7.38. The van der Waals surface area contributed by atoms with Crippen LogP contribution in [0.1, 0.15) is 20.8 Å². The molecule has 1 aromatic carbocycles. The predicted octanol–water partition coefficient (Wildman–Crippen LogP) is 2.02. The van der Waals surface area contributed by atoms with Crippen molar-refractivity contribution in [1.29, 1.82) is 0 Å². The van der Waals surface area contributed by atoms with E-state index in [1.54, 1.807) is 25.5 Å². The molecule has 0 fully saturated rings. The summed E-state index contributed by atoms with van der Waals surface area (Å²) in [5.74, 6) is -0.612. The number of anilines is 1. The first-order chi connectivity index (χ1) is 9.52. The van der Waals surface area contributed by atoms with Gasteiger partial charge in [0.15, 0.2) is 0 Å². The highest BCUT2D eigenvalue weighted by Gasteiger charge is 2.22. The van der Waals surface area contributed by atoms with Gasteiger partial charge in [-0.05, 0) is 32.9 Å². The van der Waals surface area contributed by atoms with Gasteiger partial charge in [-0.3, -0.25) is 4.72 Å². The quantitative estimate of drug-likeness (QED) is 0.885. The molecule has 9 heteroatoms. The number of benzene rings is 1. The van der Waals surface area contributed by atoms with Crippen molar-refractivity contribution in [3.8, 4) is 5.75 Å². The van der Waals surface area contributed by atoms with Crippen LogP contribution in [0.3, 0.4) is 0 Å². The fourth-order valence-electron chi connectivity index (χ4n) is 1.33. The van der Waals surface area contributed by atoms with E-state index in [4.69, 9.17) is 9.47 Å². The Balaban J connectivity index is 2.84. The van der Waals surface area contributed by atoms with Crippen molar-refractivity contribution in [2.45, 2.75) is 26.4 Å². The molecule has 0 saturated carbocycles. The Hall–Kier alpha value is -2.03. The lowest BCUT2D eigenvalue weighted by Crippen LogP contribution is -2.39. The number of hydrogen-bond acceptors (Lipinski definition) is 5. The zero-order valence-corrected chi connectivity index (χ0v) is 12.9. The number of nitrogens with one attached hydrogen (secondary N) is 2. The summed E-state index contributed by atoms with van der Waals surface area (Å²) in [4.78, 5) is 11.4. The van der Waals surface area contributed by atoms with E-state index in [9.17, 15) is 17.6 Å². The van der Waals surface area contributed by atoms with Gasteiger partial charge in [-0.2, -0.15) is 8.42 Å². The molecule has 0 radical (unpaired) electrons. The zero-order chi connectivity index (χ0) is 16.3. The monoisotopic (exact) mass is 320 g/mol. The third-order valence-corrected chi connectivity index (χ3v) is 2.95. The molecule has 0 aromatic heterocycles. The number of rotatable bonds is 4. The van der Waals surface area contributed by atoms with Crippen LogP contribution in [0.5, 0.6) is 5.75 Å². The van der Waals surface area contributed by atoms with Gasteiger partial charge in [0.2, 0.25) is 0 Å². The van der Waals surface area contributed by atoms with Crippen LogP contribution in [-0.4, -0.2) is 27.2 Å². The molecule has 0 saturated heterocycles. The molecule has 0 atom stereocenters. The summed E-state index contributed by atoms with van der Waals surface area (Å²) in [6.45, 7) is 4.78. The average Bonchev–Trinajstić information content (AvgIpc) is 2.27. The van der Waals surface area contributed by atoms with Gasteiger partial charge in [0, 0.05) is 6.07 Å². The molecular formula is C12H17FN2O5S. The lowest BCUT2D eigenvalue weighted by molar-refractivity contribution is 0.0570. The maximum atomic E-state index is 13.0. The van der Waals surface area contributed by atoms with Gasteiger partial charge in [0.25, 0.3) is 0 Å². The Morgan fingerprint density at radius 2 is 1.90 bits per heavy atom. The predicted molar refractivity (Wildman–Crippen MR) is 74.9 cm³/mol. The molecule has 0 aliphatic heterocycles. The van der Waals surface area contributed by atoms with Gasteiger partial charge < -0.3 is 9.47 Å². The maximum Gasteiger partial charge on any atom is 0.422 e. The van der Waals surface area contributed by atoms with Crippen molar-refractivity contribution < 1.29 is 27.1 Å². The highest BCUT2D eigenvalue weighted by Crippen LogP contribution is 2.25. The topological polar surface area (TPSA) is 93.7 Å². The van der Waals surface area contributed by atoms with Gasteiger partial charge in [0.1, 0.15) is 17.2 Å². The fourth-order valence-corrected chi connectivity index (χ4v) is 2.10. The van der Waals surface area contributed by atoms with E-state index in [2.05, 4.69) is 4.72 Å². The molecule has 118 valence electrons. The van der Waals surface area contributed by atoms with E-state index < -0.39 is 27.7 Å². The Morgan fingerprint density at radius 3 is 2.43 bits per heavy atom. The Morgan fingerprint density at radius 1 is 1.29 bits per heavy atom. The summed E-state index contributed by atoms with van der Waals surface area (Å²) in [7, 11) is -2.97. The van der Waals surface area contributed by atoms with Crippen LogP contribution in [-0.2, 0) is 14.9 Å². The van der Waals surface area contributed by atoms with Crippen LogP contribution in [0.25, 0.3) is 0 Å². The molecule has 2 N–H and O–H groups in total. The largest absolute Gasteiger partial charge is 0.494 e. The van der Waals surface area contributed by atoms with Crippen LogP contribution in [0, 0.1) is 5.82 Å². The van der Waals surface area contributed by atoms with Crippen LogP contribution in [0.15, 0.2) is 18.2 Å². The average molecular weight is 320 g/mol. The van der Waals surface area contributed by atoms with Gasteiger partial charge in [-0.1, -0.05) is 0 Å². The number of ether oxygens (including phenoxy) is 2. The second-order valence-electron chi connectivity index (χ2n) is 5.05. The fraction of sp³-hybridized carbons (Fsp3) is 0.417. The molecule has 0 heterocycles. The minimum absolute atomic E-state index is 0.0186. The lowest BCUT2D eigenvalue weighted by atomic mass is 10.2. The first-order valence-electron chi connectivity index (χ1n) is 5.89. The van der Waals surface area contributed by atoms with Gasteiger partial charge >= 0.3 is 16.3 Å². The smallest absolute Gasteiger partial charge is 0.422 e. The van der Waals surface area contributed by atoms with Crippen molar-refractivity contribution in [1.82, 2.24) is 4.72 Å². The van der Waals surface area contributed by atoms with Crippen molar-refractivity contribution in [2.24, 2.45) is 0 Å². The molecule has 1 aromatic rings. The van der Waals surface area contributed by atoms with Crippen LogP contribution in [0.4, 0.5) is 14.9 Å². The number of methoxy groups -OCH3 is 1. The van der Waals surface area contributed by atoms with E-state index >= 15 is 0 Å². The highest BCUT2D eigenvalue weighted by atomic mass is 32.2. The number of amides is 1. The second-order valence-corrected chi connectivity index (χ2v) is 6.47. The van der Waals surface area contributed by atoms with Gasteiger partial charge in [-0.15, -0.1) is 0 Å². The molecule has 0 spiro atoms. The van der Waals surface area contributed by atoms with Crippen LogP contribution < -0.4 is 14.2 Å². The summed E-state index contributed by atoms with van der Waals surface area (Å²) in [5.41, 5.74) is -0.859. The van der Waals surface area contributed by atoms with E-state index in [0.29, 0.717) is 0 Å². The minimum Gasteiger partial charge on any atom is -0.494 e. The number of carbonyl (C=O) groups excluding carboxylic acids is 1. The van der Waals surface area contributed by atoms with Crippen LogP contribution >= 0.6 is 0 Å². The zero-order valence-electron chi connectivity index (χ0n) is 12.1. The molecule has 0 unspecified atom stereocenters. The Labute approximate surface area is 122 Å². The Kier molecular flexibility index (Phi) is 5.00. The summed E-state index contributed by atoms with van der Waals surface area (Å²) in [6, 6.07) is 3.22. The van der Waals surface area contributed by atoms with E-state index in [-0.39, 0.29) is 11.4 Å². The van der Waals surface area contributed by atoms with Crippen molar-refractivity contribution in [3.63, 3.8) is 0 Å². The molecule has 1 rings (SSSR count). The maximum absolute atomic E-state index is 13.0. The summed E-state index contributed by atoms with van der Waals surface area (Å²) in [6.07, 6.45) is -1.13. The van der Waals surface area contributed by atoms with Crippen molar-refractivity contribution in [2.75, 3.05) is 11.8 Å². The van der Waals surface area contributed by atoms with Crippen molar-refractivity contribution in [3.05, 3.63) is 24.0 Å². The number of halogens is 1. The van der Waals surface area contributed by atoms with E-state index in [1.807, 2.05) is 0 Å². The second kappa shape index (κ2) is 6.17. The van der Waals surface area contributed by atoms with E-state index in [1.165, 1.54) is 13.2 Å². The third kappa shape index (κ3) is 5.86. The standard InChI is InChI=1S/C12H17FN2O5S/c1-12(2,3)20-11(16)15-21(17,18)14-9-6-5-8(13)7-10(9)19-4/h5-7,14H,1-4H3,(H,15,16). The normalized spacial score (nSPS) is 11.7. The molecule has 21 heavy (non-hydrogen) atoms. The SMILES string of the molecule is COc1cc(F)ccc1NS(=O)(=O)NC(=O)OC(C)(C)C. The van der Waals surface area contributed by atoms with E-state index in [0.717, 1.165) is 12.1 Å². The number of hydrogen-bond donors (Lipinski definition) is 2.